The Bertz CT molecular complexity index is 1320. The highest BCUT2D eigenvalue weighted by atomic mass is 32.2. The third-order valence-corrected chi connectivity index (χ3v) is 8.88. The van der Waals surface area contributed by atoms with Gasteiger partial charge in [-0.15, -0.1) is 11.8 Å². The summed E-state index contributed by atoms with van der Waals surface area (Å²) in [5.41, 5.74) is 0.886. The number of amides is 2. The normalized spacial score (nSPS) is 23.8. The Balaban J connectivity index is 1.55. The van der Waals surface area contributed by atoms with Crippen molar-refractivity contribution in [1.82, 2.24) is 4.90 Å². The summed E-state index contributed by atoms with van der Waals surface area (Å²) in [5.74, 6) is -1.20. The second kappa shape index (κ2) is 10.9. The Labute approximate surface area is 230 Å². The van der Waals surface area contributed by atoms with Crippen LogP contribution in [0.15, 0.2) is 91.0 Å². The number of carbonyl (C=O) groups excluding carboxylic acids is 4. The van der Waals surface area contributed by atoms with Gasteiger partial charge in [0.05, 0.1) is 0 Å². The number of ether oxygens (including phenoxy) is 2. The van der Waals surface area contributed by atoms with Crippen LogP contribution in [0.1, 0.15) is 31.1 Å². The molecule has 3 aromatic carbocycles. The van der Waals surface area contributed by atoms with E-state index in [0.29, 0.717) is 5.69 Å². The molecule has 39 heavy (non-hydrogen) atoms. The van der Waals surface area contributed by atoms with E-state index in [1.165, 1.54) is 23.6 Å². The summed E-state index contributed by atoms with van der Waals surface area (Å²) in [7, 11) is 0. The maximum absolute atomic E-state index is 14.2. The molecular formula is C30H28N2O6S. The van der Waals surface area contributed by atoms with E-state index in [0.717, 1.165) is 11.1 Å². The van der Waals surface area contributed by atoms with Crippen LogP contribution in [-0.2, 0) is 28.7 Å². The van der Waals surface area contributed by atoms with E-state index in [2.05, 4.69) is 0 Å². The molecule has 0 saturated carbocycles. The lowest BCUT2D eigenvalue weighted by Crippen LogP contribution is -2.73. The van der Waals surface area contributed by atoms with Crippen LogP contribution in [0.25, 0.3) is 0 Å². The van der Waals surface area contributed by atoms with Crippen LogP contribution in [-0.4, -0.2) is 52.6 Å². The van der Waals surface area contributed by atoms with Crippen molar-refractivity contribution >= 4 is 41.7 Å². The minimum Gasteiger partial charge on any atom is -0.452 e. The summed E-state index contributed by atoms with van der Waals surface area (Å²) in [6.45, 7) is 3.41. The quantitative estimate of drug-likeness (QED) is 0.239. The number of benzene rings is 3. The molecule has 3 aromatic rings. The zero-order valence-corrected chi connectivity index (χ0v) is 22.3. The van der Waals surface area contributed by atoms with Gasteiger partial charge < -0.3 is 14.4 Å². The molecule has 2 fully saturated rings. The molecule has 2 amide bonds. The van der Waals surface area contributed by atoms with E-state index in [1.54, 1.807) is 24.0 Å². The largest absolute Gasteiger partial charge is 0.452 e. The number of fused-ring (bicyclic) bond motifs is 1. The minimum absolute atomic E-state index is 0.00136. The zero-order valence-electron chi connectivity index (χ0n) is 21.5. The maximum atomic E-state index is 14.2. The van der Waals surface area contributed by atoms with E-state index in [1.807, 2.05) is 78.9 Å². The Hall–Kier alpha value is -4.11. The molecule has 3 unspecified atom stereocenters. The zero-order chi connectivity index (χ0) is 27.6. The van der Waals surface area contributed by atoms with Crippen molar-refractivity contribution in [2.45, 2.75) is 36.8 Å². The van der Waals surface area contributed by atoms with Gasteiger partial charge in [0.2, 0.25) is 12.0 Å². The summed E-state index contributed by atoms with van der Waals surface area (Å²) >= 11 is 1.24. The van der Waals surface area contributed by atoms with Gasteiger partial charge in [0, 0.05) is 19.2 Å². The molecule has 2 aliphatic rings. The van der Waals surface area contributed by atoms with Gasteiger partial charge in [-0.05, 0) is 30.2 Å². The first-order chi connectivity index (χ1) is 18.8. The van der Waals surface area contributed by atoms with Crippen molar-refractivity contribution in [1.29, 1.82) is 0 Å². The molecule has 2 saturated heterocycles. The Kier molecular flexibility index (Phi) is 7.43. The van der Waals surface area contributed by atoms with E-state index in [-0.39, 0.29) is 24.8 Å². The highest BCUT2D eigenvalue weighted by Crippen LogP contribution is 2.51. The highest BCUT2D eigenvalue weighted by molar-refractivity contribution is 8.00. The highest BCUT2D eigenvalue weighted by Gasteiger charge is 2.63. The van der Waals surface area contributed by atoms with Gasteiger partial charge in [-0.2, -0.15) is 0 Å². The van der Waals surface area contributed by atoms with Gasteiger partial charge in [0.25, 0.3) is 12.4 Å². The first-order valence-electron chi connectivity index (χ1n) is 12.6. The van der Waals surface area contributed by atoms with Crippen molar-refractivity contribution < 1.29 is 28.7 Å². The van der Waals surface area contributed by atoms with Crippen molar-refractivity contribution in [3.05, 3.63) is 102 Å². The van der Waals surface area contributed by atoms with Gasteiger partial charge >= 0.3 is 5.97 Å². The minimum atomic E-state index is -1.31. The lowest BCUT2D eigenvalue weighted by molar-refractivity contribution is -0.178. The predicted octanol–water partition coefficient (Wildman–Crippen LogP) is 4.16. The van der Waals surface area contributed by atoms with Crippen molar-refractivity contribution in [2.75, 3.05) is 11.4 Å². The number of carbonyl (C=O) groups is 4. The summed E-state index contributed by atoms with van der Waals surface area (Å²) in [4.78, 5) is 54.3. The van der Waals surface area contributed by atoms with Crippen LogP contribution < -0.4 is 4.90 Å². The standard InChI is InChI=1S/C30H28N2O6S/c1-20(34)32(23-16-10-5-11-17-23)28-30(2,18-31-26(35)25(37-19-33)27(31)39-28)29(36)38-24(21-12-6-3-7-13-21)22-14-8-4-9-15-22/h3-17,19,24-25,27-28H,18H2,1-2H3/t25?,27-,28?,30?/m1/s1. The molecule has 0 bridgehead atoms. The molecule has 0 spiro atoms. The lowest BCUT2D eigenvalue weighted by atomic mass is 9.85. The van der Waals surface area contributed by atoms with Crippen LogP contribution in [0.4, 0.5) is 5.69 Å². The van der Waals surface area contributed by atoms with Crippen LogP contribution in [0.5, 0.6) is 0 Å². The number of esters is 1. The SMILES string of the molecule is CC(=O)N(c1ccccc1)C1S[C@@H]2C(OC=O)C(=O)N2CC1(C)C(=O)OC(c1ccccc1)c1ccccc1. The maximum Gasteiger partial charge on any atom is 0.317 e. The molecule has 2 heterocycles. The number of hydrogen-bond acceptors (Lipinski definition) is 7. The monoisotopic (exact) mass is 544 g/mol. The van der Waals surface area contributed by atoms with Crippen molar-refractivity contribution in [3.8, 4) is 0 Å². The molecule has 0 aliphatic carbocycles. The summed E-state index contributed by atoms with van der Waals surface area (Å²) < 4.78 is 11.3. The fourth-order valence-corrected chi connectivity index (χ4v) is 6.89. The van der Waals surface area contributed by atoms with E-state index >= 15 is 0 Å². The molecule has 0 N–H and O–H groups in total. The van der Waals surface area contributed by atoms with Gasteiger partial charge in [0.15, 0.2) is 6.10 Å². The number of hydrogen-bond donors (Lipinski definition) is 0. The average molecular weight is 545 g/mol. The van der Waals surface area contributed by atoms with Gasteiger partial charge in [-0.1, -0.05) is 78.9 Å². The fourth-order valence-electron chi connectivity index (χ4n) is 5.11. The van der Waals surface area contributed by atoms with Crippen LogP contribution >= 0.6 is 11.8 Å². The third-order valence-electron chi connectivity index (χ3n) is 7.11. The number of β-lactam (4-membered cyclic amide) rings is 1. The lowest BCUT2D eigenvalue weighted by Gasteiger charge is -2.56. The Morgan fingerprint density at radius 3 is 2.03 bits per heavy atom. The van der Waals surface area contributed by atoms with Crippen LogP contribution in [0.2, 0.25) is 0 Å². The van der Waals surface area contributed by atoms with Gasteiger partial charge in [-0.25, -0.2) is 0 Å². The number of rotatable bonds is 8. The summed E-state index contributed by atoms with van der Waals surface area (Å²) in [5, 5.41) is -1.28. The number of nitrogens with zero attached hydrogens (tertiary/aromatic N) is 2. The molecule has 8 nitrogen and oxygen atoms in total. The molecule has 5 rings (SSSR count). The second-order valence-corrected chi connectivity index (χ2v) is 10.9. The number of para-hydroxylation sites is 1. The van der Waals surface area contributed by atoms with E-state index in [4.69, 9.17) is 9.47 Å². The number of anilines is 1. The molecule has 2 aliphatic heterocycles. The molecule has 9 heteroatoms. The smallest absolute Gasteiger partial charge is 0.317 e. The third kappa shape index (κ3) is 4.90. The van der Waals surface area contributed by atoms with Crippen LogP contribution in [0.3, 0.4) is 0 Å². The molecular weight excluding hydrogens is 516 g/mol. The molecule has 200 valence electrons. The topological polar surface area (TPSA) is 93.2 Å². The van der Waals surface area contributed by atoms with Crippen LogP contribution in [0, 0.1) is 5.41 Å². The number of thioether (sulfide) groups is 1. The van der Waals surface area contributed by atoms with Crippen molar-refractivity contribution in [2.24, 2.45) is 5.41 Å². The first-order valence-corrected chi connectivity index (χ1v) is 13.5. The second-order valence-electron chi connectivity index (χ2n) is 9.75. The van der Waals surface area contributed by atoms with E-state index < -0.39 is 34.3 Å². The van der Waals surface area contributed by atoms with Gasteiger partial charge in [0.1, 0.15) is 16.2 Å². The van der Waals surface area contributed by atoms with E-state index in [9.17, 15) is 19.2 Å². The molecule has 0 radical (unpaired) electrons. The predicted molar refractivity (Wildman–Crippen MR) is 146 cm³/mol. The Morgan fingerprint density at radius 1 is 0.974 bits per heavy atom. The first kappa shape index (κ1) is 26.5. The summed E-state index contributed by atoms with van der Waals surface area (Å²) in [6.07, 6.45) is -1.66. The van der Waals surface area contributed by atoms with Gasteiger partial charge in [-0.3, -0.25) is 24.1 Å². The average Bonchev–Trinajstić information content (AvgIpc) is 2.96. The van der Waals surface area contributed by atoms with Crippen molar-refractivity contribution in [3.63, 3.8) is 0 Å². The Morgan fingerprint density at radius 2 is 1.51 bits per heavy atom. The molecule has 4 atom stereocenters. The fraction of sp³-hybridized carbons (Fsp3) is 0.267. The molecule has 0 aromatic heterocycles. The summed E-state index contributed by atoms with van der Waals surface area (Å²) in [6, 6.07) is 27.9.